The SMILES string of the molecule is CC(=O)OCCOc1cc(N=Nc2ccc(C)cc2S(=O)(=O)O)c(OCCOC(C)=O)cc1N. The van der Waals surface area contributed by atoms with E-state index in [0.717, 1.165) is 0 Å². The molecule has 0 aliphatic carbocycles. The molecule has 0 radical (unpaired) electrons. The Morgan fingerprint density at radius 1 is 0.882 bits per heavy atom. The fourth-order valence-corrected chi connectivity index (χ4v) is 3.28. The first-order valence-corrected chi connectivity index (χ1v) is 11.4. The summed E-state index contributed by atoms with van der Waals surface area (Å²) in [6.07, 6.45) is 0. The summed E-state index contributed by atoms with van der Waals surface area (Å²) in [5.41, 5.74) is 6.79. The van der Waals surface area contributed by atoms with Gasteiger partial charge in [-0.05, 0) is 24.6 Å². The van der Waals surface area contributed by atoms with E-state index < -0.39 is 27.0 Å². The number of carbonyl (C=O) groups is 2. The van der Waals surface area contributed by atoms with Gasteiger partial charge in [0.15, 0.2) is 0 Å². The smallest absolute Gasteiger partial charge is 0.302 e. The molecule has 0 atom stereocenters. The van der Waals surface area contributed by atoms with E-state index in [0.29, 0.717) is 5.56 Å². The Hall–Kier alpha value is -3.71. The fraction of sp³-hybridized carbons (Fsp3) is 0.333. The molecule has 0 fully saturated rings. The van der Waals surface area contributed by atoms with Crippen molar-refractivity contribution in [3.63, 3.8) is 0 Å². The number of anilines is 1. The lowest BCUT2D eigenvalue weighted by molar-refractivity contribution is -0.142. The summed E-state index contributed by atoms with van der Waals surface area (Å²) in [6, 6.07) is 7.05. The van der Waals surface area contributed by atoms with Gasteiger partial charge in [-0.15, -0.1) is 10.2 Å². The third-order valence-electron chi connectivity index (χ3n) is 4.04. The minimum atomic E-state index is -4.55. The zero-order valence-electron chi connectivity index (χ0n) is 18.8. The Morgan fingerprint density at radius 2 is 1.44 bits per heavy atom. The minimum Gasteiger partial charge on any atom is -0.488 e. The second-order valence-corrected chi connectivity index (χ2v) is 8.27. The van der Waals surface area contributed by atoms with Gasteiger partial charge in [-0.1, -0.05) is 6.07 Å². The zero-order valence-corrected chi connectivity index (χ0v) is 19.6. The monoisotopic (exact) mass is 495 g/mol. The Labute approximate surface area is 196 Å². The Balaban J connectivity index is 2.36. The molecule has 184 valence electrons. The molecule has 2 aromatic rings. The lowest BCUT2D eigenvalue weighted by atomic mass is 10.2. The van der Waals surface area contributed by atoms with Gasteiger partial charge in [0.25, 0.3) is 10.1 Å². The number of carbonyl (C=O) groups excluding carboxylic acids is 2. The van der Waals surface area contributed by atoms with Crippen LogP contribution in [0.1, 0.15) is 19.4 Å². The molecule has 0 unspecified atom stereocenters. The van der Waals surface area contributed by atoms with Crippen LogP contribution in [0.25, 0.3) is 0 Å². The molecule has 2 rings (SSSR count). The van der Waals surface area contributed by atoms with E-state index in [2.05, 4.69) is 10.2 Å². The third-order valence-corrected chi connectivity index (χ3v) is 4.93. The third kappa shape index (κ3) is 8.33. The largest absolute Gasteiger partial charge is 0.488 e. The lowest BCUT2D eigenvalue weighted by Crippen LogP contribution is -2.11. The molecule has 0 bridgehead atoms. The normalized spacial score (nSPS) is 11.3. The predicted octanol–water partition coefficient (Wildman–Crippen LogP) is 3.12. The van der Waals surface area contributed by atoms with E-state index in [1.165, 1.54) is 38.1 Å². The number of nitrogens with zero attached hydrogens (tertiary/aromatic N) is 2. The molecule has 0 aliphatic rings. The average molecular weight is 496 g/mol. The second-order valence-electron chi connectivity index (χ2n) is 6.88. The van der Waals surface area contributed by atoms with Crippen molar-refractivity contribution >= 4 is 39.1 Å². The molecular weight excluding hydrogens is 470 g/mol. The summed E-state index contributed by atoms with van der Waals surface area (Å²) in [4.78, 5) is 21.4. The van der Waals surface area contributed by atoms with Crippen molar-refractivity contribution in [1.29, 1.82) is 0 Å². The van der Waals surface area contributed by atoms with Gasteiger partial charge in [0.05, 0.1) is 5.69 Å². The molecule has 0 heterocycles. The Bertz CT molecular complexity index is 1180. The number of aryl methyl sites for hydroxylation is 1. The van der Waals surface area contributed by atoms with E-state index >= 15 is 0 Å². The first-order valence-electron chi connectivity index (χ1n) is 9.93. The number of esters is 2. The number of benzene rings is 2. The second kappa shape index (κ2) is 12.0. The highest BCUT2D eigenvalue weighted by atomic mass is 32.2. The molecule has 0 aromatic heterocycles. The highest BCUT2D eigenvalue weighted by Gasteiger charge is 2.17. The van der Waals surface area contributed by atoms with Crippen molar-refractivity contribution in [1.82, 2.24) is 0 Å². The topological polar surface area (TPSA) is 176 Å². The van der Waals surface area contributed by atoms with Crippen LogP contribution in [0.4, 0.5) is 17.1 Å². The van der Waals surface area contributed by atoms with Gasteiger partial charge in [0.2, 0.25) is 0 Å². The van der Waals surface area contributed by atoms with Crippen molar-refractivity contribution in [3.05, 3.63) is 35.9 Å². The quantitative estimate of drug-likeness (QED) is 0.155. The first-order chi connectivity index (χ1) is 16.0. The summed E-state index contributed by atoms with van der Waals surface area (Å²) in [5.74, 6) is -0.597. The van der Waals surface area contributed by atoms with Crippen LogP contribution in [0.3, 0.4) is 0 Å². The summed E-state index contributed by atoms with van der Waals surface area (Å²) >= 11 is 0. The van der Waals surface area contributed by atoms with E-state index in [-0.39, 0.29) is 55.0 Å². The highest BCUT2D eigenvalue weighted by Crippen LogP contribution is 2.38. The molecule has 2 aromatic carbocycles. The maximum Gasteiger partial charge on any atom is 0.302 e. The Morgan fingerprint density at radius 3 is 2.00 bits per heavy atom. The maximum absolute atomic E-state index is 11.7. The van der Waals surface area contributed by atoms with E-state index in [4.69, 9.17) is 24.7 Å². The number of ether oxygens (including phenoxy) is 4. The Kier molecular flexibility index (Phi) is 9.33. The maximum atomic E-state index is 11.7. The molecule has 0 amide bonds. The first kappa shape index (κ1) is 26.5. The van der Waals surface area contributed by atoms with Crippen LogP contribution < -0.4 is 15.2 Å². The number of nitrogens with two attached hydrogens (primary N) is 1. The summed E-state index contributed by atoms with van der Waals surface area (Å²) < 4.78 is 53.7. The number of rotatable bonds is 11. The van der Waals surface area contributed by atoms with E-state index in [9.17, 15) is 22.6 Å². The van der Waals surface area contributed by atoms with Gasteiger partial charge in [0, 0.05) is 26.0 Å². The predicted molar refractivity (Wildman–Crippen MR) is 120 cm³/mol. The molecule has 3 N–H and O–H groups in total. The summed E-state index contributed by atoms with van der Waals surface area (Å²) in [7, 11) is -4.55. The minimum absolute atomic E-state index is 0.00660. The number of hydrogen-bond donors (Lipinski definition) is 2. The van der Waals surface area contributed by atoms with Crippen molar-refractivity contribution in [2.45, 2.75) is 25.7 Å². The molecule has 13 heteroatoms. The van der Waals surface area contributed by atoms with Gasteiger partial charge < -0.3 is 24.7 Å². The van der Waals surface area contributed by atoms with Crippen molar-refractivity contribution in [2.24, 2.45) is 10.2 Å². The van der Waals surface area contributed by atoms with Crippen LogP contribution in [-0.2, 0) is 29.2 Å². The average Bonchev–Trinajstić information content (AvgIpc) is 2.74. The fourth-order valence-electron chi connectivity index (χ4n) is 2.58. The highest BCUT2D eigenvalue weighted by molar-refractivity contribution is 7.86. The van der Waals surface area contributed by atoms with E-state index in [1.807, 2.05) is 0 Å². The molecule has 0 saturated carbocycles. The van der Waals surface area contributed by atoms with Crippen LogP contribution in [0, 0.1) is 6.92 Å². The lowest BCUT2D eigenvalue weighted by Gasteiger charge is -2.14. The molecule has 12 nitrogen and oxygen atoms in total. The summed E-state index contributed by atoms with van der Waals surface area (Å²) in [5, 5.41) is 7.99. The van der Waals surface area contributed by atoms with Crippen molar-refractivity contribution in [2.75, 3.05) is 32.2 Å². The summed E-state index contributed by atoms with van der Waals surface area (Å²) in [6.45, 7) is 4.14. The van der Waals surface area contributed by atoms with Gasteiger partial charge in [-0.25, -0.2) is 0 Å². The van der Waals surface area contributed by atoms with E-state index in [1.54, 1.807) is 13.0 Å². The zero-order chi connectivity index (χ0) is 25.3. The molecule has 34 heavy (non-hydrogen) atoms. The molecule has 0 saturated heterocycles. The number of azo groups is 1. The van der Waals surface area contributed by atoms with Gasteiger partial charge >= 0.3 is 11.9 Å². The van der Waals surface area contributed by atoms with Crippen LogP contribution in [0.2, 0.25) is 0 Å². The van der Waals surface area contributed by atoms with Gasteiger partial charge in [-0.3, -0.25) is 14.1 Å². The van der Waals surface area contributed by atoms with Crippen LogP contribution in [0.5, 0.6) is 11.5 Å². The molecule has 0 aliphatic heterocycles. The van der Waals surface area contributed by atoms with Crippen molar-refractivity contribution < 1.29 is 41.5 Å². The van der Waals surface area contributed by atoms with Crippen LogP contribution >= 0.6 is 0 Å². The number of nitrogen functional groups attached to an aromatic ring is 1. The molecular formula is C21H25N3O9S. The van der Waals surface area contributed by atoms with Crippen molar-refractivity contribution in [3.8, 4) is 11.5 Å². The number of hydrogen-bond acceptors (Lipinski definition) is 11. The standard InChI is InChI=1S/C21H25N3O9S/c1-13-4-5-17(21(10-13)34(27,28)29)23-24-18-12-19(32-8-6-30-14(2)25)16(22)11-20(18)33-9-7-31-15(3)26/h4-5,10-12H,6-9,22H2,1-3H3,(H,27,28,29). The van der Waals surface area contributed by atoms with Gasteiger partial charge in [-0.2, -0.15) is 8.42 Å². The van der Waals surface area contributed by atoms with Crippen LogP contribution in [-0.4, -0.2) is 51.3 Å². The molecule has 0 spiro atoms. The van der Waals surface area contributed by atoms with Gasteiger partial charge in [0.1, 0.15) is 54.2 Å². The van der Waals surface area contributed by atoms with Crippen LogP contribution in [0.15, 0.2) is 45.5 Å².